The van der Waals surface area contributed by atoms with Crippen molar-refractivity contribution in [3.8, 4) is 0 Å². The van der Waals surface area contributed by atoms with E-state index in [2.05, 4.69) is 16.7 Å². The first-order valence-electron chi connectivity index (χ1n) is 8.71. The zero-order chi connectivity index (χ0) is 19.1. The molecule has 0 spiro atoms. The zero-order valence-electron chi connectivity index (χ0n) is 15.8. The van der Waals surface area contributed by atoms with E-state index in [1.165, 1.54) is 0 Å². The summed E-state index contributed by atoms with van der Waals surface area (Å²) in [6.45, 7) is 8.49. The predicted molar refractivity (Wildman–Crippen MR) is 102 cm³/mol. The molecule has 2 aromatic rings. The number of aryl methyl sites for hydroxylation is 2. The van der Waals surface area contributed by atoms with Gasteiger partial charge in [-0.3, -0.25) is 0 Å². The van der Waals surface area contributed by atoms with E-state index in [9.17, 15) is 9.59 Å². The largest absolute Gasteiger partial charge is 0.457 e. The van der Waals surface area contributed by atoms with Gasteiger partial charge >= 0.3 is 12.0 Å². The van der Waals surface area contributed by atoms with Crippen molar-refractivity contribution in [2.45, 2.75) is 46.9 Å². The van der Waals surface area contributed by atoms with Crippen LogP contribution in [0.3, 0.4) is 0 Å². The van der Waals surface area contributed by atoms with Crippen molar-refractivity contribution in [2.24, 2.45) is 0 Å². The van der Waals surface area contributed by atoms with Crippen molar-refractivity contribution < 1.29 is 14.3 Å². The van der Waals surface area contributed by atoms with E-state index in [1.807, 2.05) is 52.0 Å². The molecule has 5 nitrogen and oxygen atoms in total. The average molecular weight is 354 g/mol. The molecule has 5 heteroatoms. The van der Waals surface area contributed by atoms with Crippen LogP contribution in [0.4, 0.5) is 4.79 Å². The van der Waals surface area contributed by atoms with Gasteiger partial charge in [0.15, 0.2) is 0 Å². The lowest BCUT2D eigenvalue weighted by Crippen LogP contribution is -2.39. The molecule has 2 N–H and O–H groups in total. The van der Waals surface area contributed by atoms with Crippen LogP contribution in [0.15, 0.2) is 42.5 Å². The quantitative estimate of drug-likeness (QED) is 0.774. The molecule has 138 valence electrons. The van der Waals surface area contributed by atoms with Gasteiger partial charge < -0.3 is 15.4 Å². The highest BCUT2D eigenvalue weighted by Gasteiger charge is 2.08. The Hall–Kier alpha value is -2.82. The van der Waals surface area contributed by atoms with Gasteiger partial charge in [0, 0.05) is 12.6 Å². The standard InChI is InChI=1S/C21H26N2O3/c1-14(2)23-21(25)22-12-17-5-7-19(8-6-17)20(24)26-13-18-10-15(3)9-16(4)11-18/h5-11,14H,12-13H2,1-4H3,(H2,22,23,25). The first-order chi connectivity index (χ1) is 12.3. The molecule has 0 atom stereocenters. The second kappa shape index (κ2) is 9.04. The Morgan fingerprint density at radius 1 is 0.962 bits per heavy atom. The molecule has 0 saturated heterocycles. The molecule has 0 radical (unpaired) electrons. The van der Waals surface area contributed by atoms with Crippen molar-refractivity contribution in [3.05, 3.63) is 70.3 Å². The summed E-state index contributed by atoms with van der Waals surface area (Å²) >= 11 is 0. The highest BCUT2D eigenvalue weighted by Crippen LogP contribution is 2.12. The maximum absolute atomic E-state index is 12.2. The van der Waals surface area contributed by atoms with Crippen LogP contribution in [-0.2, 0) is 17.9 Å². The van der Waals surface area contributed by atoms with Crippen LogP contribution < -0.4 is 10.6 Å². The Balaban J connectivity index is 1.87. The third-order valence-electron chi connectivity index (χ3n) is 3.71. The summed E-state index contributed by atoms with van der Waals surface area (Å²) in [5.74, 6) is -0.360. The second-order valence-corrected chi connectivity index (χ2v) is 6.75. The summed E-state index contributed by atoms with van der Waals surface area (Å²) in [5, 5.41) is 5.53. The molecule has 2 rings (SSSR count). The Morgan fingerprint density at radius 2 is 1.58 bits per heavy atom. The zero-order valence-corrected chi connectivity index (χ0v) is 15.8. The monoisotopic (exact) mass is 354 g/mol. The van der Waals surface area contributed by atoms with E-state index in [-0.39, 0.29) is 24.6 Å². The Kier molecular flexibility index (Phi) is 6.78. The average Bonchev–Trinajstić information content (AvgIpc) is 2.57. The fourth-order valence-electron chi connectivity index (χ4n) is 2.64. The van der Waals surface area contributed by atoms with Crippen molar-refractivity contribution in [2.75, 3.05) is 0 Å². The van der Waals surface area contributed by atoms with Crippen LogP contribution in [0, 0.1) is 13.8 Å². The minimum atomic E-state index is -0.360. The number of carbonyl (C=O) groups is 2. The Labute approximate surface area is 154 Å². The number of carbonyl (C=O) groups excluding carboxylic acids is 2. The topological polar surface area (TPSA) is 67.4 Å². The molecule has 0 unspecified atom stereocenters. The van der Waals surface area contributed by atoms with Gasteiger partial charge in [0.05, 0.1) is 5.56 Å². The lowest BCUT2D eigenvalue weighted by atomic mass is 10.1. The molecule has 0 heterocycles. The number of urea groups is 1. The highest BCUT2D eigenvalue weighted by molar-refractivity contribution is 5.89. The molecule has 0 saturated carbocycles. The third kappa shape index (κ3) is 6.24. The number of hydrogen-bond donors (Lipinski definition) is 2. The molecular formula is C21H26N2O3. The maximum atomic E-state index is 12.2. The SMILES string of the molecule is Cc1cc(C)cc(COC(=O)c2ccc(CNC(=O)NC(C)C)cc2)c1. The number of hydrogen-bond acceptors (Lipinski definition) is 3. The van der Waals surface area contributed by atoms with Gasteiger partial charge in [-0.15, -0.1) is 0 Å². The molecule has 0 fully saturated rings. The minimum absolute atomic E-state index is 0.0873. The number of amides is 2. The number of nitrogens with one attached hydrogen (secondary N) is 2. The van der Waals surface area contributed by atoms with Crippen LogP contribution in [0.5, 0.6) is 0 Å². The third-order valence-corrected chi connectivity index (χ3v) is 3.71. The molecule has 0 aromatic heterocycles. The van der Waals surface area contributed by atoms with E-state index in [1.54, 1.807) is 12.1 Å². The maximum Gasteiger partial charge on any atom is 0.338 e. The summed E-state index contributed by atoms with van der Waals surface area (Å²) in [4.78, 5) is 23.8. The van der Waals surface area contributed by atoms with Gasteiger partial charge in [-0.1, -0.05) is 41.5 Å². The summed E-state index contributed by atoms with van der Waals surface area (Å²) in [6, 6.07) is 13.0. The number of benzene rings is 2. The van der Waals surface area contributed by atoms with Crippen molar-refractivity contribution >= 4 is 12.0 Å². The molecule has 26 heavy (non-hydrogen) atoms. The summed E-state index contributed by atoms with van der Waals surface area (Å²) in [7, 11) is 0. The molecule has 2 aromatic carbocycles. The van der Waals surface area contributed by atoms with Crippen LogP contribution >= 0.6 is 0 Å². The molecular weight excluding hydrogens is 328 g/mol. The summed E-state index contributed by atoms with van der Waals surface area (Å²) < 4.78 is 5.39. The second-order valence-electron chi connectivity index (χ2n) is 6.75. The summed E-state index contributed by atoms with van der Waals surface area (Å²) in [6.07, 6.45) is 0. The van der Waals surface area contributed by atoms with E-state index < -0.39 is 0 Å². The van der Waals surface area contributed by atoms with E-state index in [0.29, 0.717) is 12.1 Å². The van der Waals surface area contributed by atoms with Gasteiger partial charge in [-0.05, 0) is 51.0 Å². The van der Waals surface area contributed by atoms with Crippen LogP contribution in [0.1, 0.15) is 46.5 Å². The fourth-order valence-corrected chi connectivity index (χ4v) is 2.64. The van der Waals surface area contributed by atoms with Crippen LogP contribution in [0.2, 0.25) is 0 Å². The molecule has 0 bridgehead atoms. The van der Waals surface area contributed by atoms with E-state index in [0.717, 1.165) is 22.3 Å². The lowest BCUT2D eigenvalue weighted by Gasteiger charge is -2.10. The normalized spacial score (nSPS) is 10.5. The van der Waals surface area contributed by atoms with E-state index >= 15 is 0 Å². The summed E-state index contributed by atoms with van der Waals surface area (Å²) in [5.41, 5.74) is 4.68. The van der Waals surface area contributed by atoms with Crippen molar-refractivity contribution in [1.29, 1.82) is 0 Å². The van der Waals surface area contributed by atoms with Gasteiger partial charge in [0.25, 0.3) is 0 Å². The molecule has 2 amide bonds. The van der Waals surface area contributed by atoms with Crippen LogP contribution in [-0.4, -0.2) is 18.0 Å². The lowest BCUT2D eigenvalue weighted by molar-refractivity contribution is 0.0472. The number of rotatable bonds is 6. The number of esters is 1. The highest BCUT2D eigenvalue weighted by atomic mass is 16.5. The van der Waals surface area contributed by atoms with Crippen LogP contribution in [0.25, 0.3) is 0 Å². The van der Waals surface area contributed by atoms with Gasteiger partial charge in [-0.2, -0.15) is 0 Å². The molecule has 0 aliphatic rings. The number of ether oxygens (including phenoxy) is 1. The first-order valence-corrected chi connectivity index (χ1v) is 8.71. The van der Waals surface area contributed by atoms with Gasteiger partial charge in [-0.25, -0.2) is 9.59 Å². The fraction of sp³-hybridized carbons (Fsp3) is 0.333. The first kappa shape index (κ1) is 19.5. The molecule has 0 aliphatic heterocycles. The van der Waals surface area contributed by atoms with E-state index in [4.69, 9.17) is 4.74 Å². The Morgan fingerprint density at radius 3 is 2.15 bits per heavy atom. The Bertz CT molecular complexity index is 747. The predicted octanol–water partition coefficient (Wildman–Crippen LogP) is 3.87. The van der Waals surface area contributed by atoms with Gasteiger partial charge in [0.1, 0.15) is 6.61 Å². The van der Waals surface area contributed by atoms with Crippen molar-refractivity contribution in [1.82, 2.24) is 10.6 Å². The van der Waals surface area contributed by atoms with Crippen molar-refractivity contribution in [3.63, 3.8) is 0 Å². The molecule has 0 aliphatic carbocycles. The smallest absolute Gasteiger partial charge is 0.338 e. The minimum Gasteiger partial charge on any atom is -0.457 e. The van der Waals surface area contributed by atoms with Gasteiger partial charge in [0.2, 0.25) is 0 Å².